The van der Waals surface area contributed by atoms with Crippen molar-refractivity contribution in [2.45, 2.75) is 88.5 Å². The molecule has 0 bridgehead atoms. The molecule has 0 radical (unpaired) electrons. The molecule has 0 saturated carbocycles. The molecule has 0 N–H and O–H groups in total. The first kappa shape index (κ1) is 22.5. The monoisotopic (exact) mass is 439 g/mol. The Morgan fingerprint density at radius 2 is 0.909 bits per heavy atom. The van der Waals surface area contributed by atoms with Crippen LogP contribution in [0.1, 0.15) is 83.3 Å². The molecule has 1 heterocycles. The summed E-state index contributed by atoms with van der Waals surface area (Å²) >= 11 is 0. The third-order valence-electron chi connectivity index (χ3n) is 10.4. The normalized spacial score (nSPS) is 21.7. The molecule has 33 heavy (non-hydrogen) atoms. The summed E-state index contributed by atoms with van der Waals surface area (Å²) in [6.07, 6.45) is 3.47. The summed E-state index contributed by atoms with van der Waals surface area (Å²) in [5, 5.41) is 0. The first-order valence-electron chi connectivity index (χ1n) is 12.8. The fraction of sp³-hybridized carbons (Fsp3) is 0.500. The zero-order valence-electron chi connectivity index (χ0n) is 22.7. The highest BCUT2D eigenvalue weighted by Gasteiger charge is 2.39. The lowest BCUT2D eigenvalue weighted by Crippen LogP contribution is -2.33. The number of hydrogen-bond donors (Lipinski definition) is 0. The Balaban J connectivity index is 1.73. The molecule has 174 valence electrons. The molecule has 2 atom stereocenters. The van der Waals surface area contributed by atoms with Crippen molar-refractivity contribution in [1.82, 2.24) is 0 Å². The van der Waals surface area contributed by atoms with Crippen molar-refractivity contribution in [2.24, 2.45) is 11.8 Å². The van der Waals surface area contributed by atoms with E-state index in [9.17, 15) is 0 Å². The molecule has 0 saturated heterocycles. The predicted octanol–water partition coefficient (Wildman–Crippen LogP) is 8.23. The van der Waals surface area contributed by atoms with Crippen LogP contribution in [-0.4, -0.2) is 7.05 Å². The first-order chi connectivity index (χ1) is 15.5. The lowest BCUT2D eigenvalue weighted by atomic mass is 9.63. The highest BCUT2D eigenvalue weighted by Crippen LogP contribution is 2.52. The van der Waals surface area contributed by atoms with Crippen molar-refractivity contribution >= 4 is 11.4 Å². The molecule has 2 aromatic carbocycles. The van der Waals surface area contributed by atoms with Crippen molar-refractivity contribution in [3.63, 3.8) is 0 Å². The van der Waals surface area contributed by atoms with Crippen LogP contribution in [0.15, 0.2) is 22.3 Å². The zero-order valence-corrected chi connectivity index (χ0v) is 22.7. The van der Waals surface area contributed by atoms with Gasteiger partial charge in [0.05, 0.1) is 0 Å². The molecule has 0 amide bonds. The maximum atomic E-state index is 2.54. The maximum absolute atomic E-state index is 2.54. The Kier molecular flexibility index (Phi) is 5.02. The Morgan fingerprint density at radius 3 is 1.45 bits per heavy atom. The van der Waals surface area contributed by atoms with Gasteiger partial charge < -0.3 is 4.90 Å². The third kappa shape index (κ3) is 2.84. The summed E-state index contributed by atoms with van der Waals surface area (Å²) in [7, 11) is 2.31. The smallest absolute Gasteiger partial charge is 0.0479 e. The average Bonchev–Trinajstić information content (AvgIpc) is 2.80. The summed E-state index contributed by atoms with van der Waals surface area (Å²) in [4.78, 5) is 2.54. The number of allylic oxidation sites excluding steroid dienone is 4. The fourth-order valence-electron chi connectivity index (χ4n) is 7.52. The van der Waals surface area contributed by atoms with E-state index in [-0.39, 0.29) is 0 Å². The van der Waals surface area contributed by atoms with Crippen LogP contribution in [0, 0.1) is 53.4 Å². The van der Waals surface area contributed by atoms with Gasteiger partial charge in [0, 0.05) is 24.8 Å². The summed E-state index contributed by atoms with van der Waals surface area (Å²) in [5.41, 5.74) is 24.6. The van der Waals surface area contributed by atoms with Gasteiger partial charge >= 0.3 is 0 Å². The molecule has 0 aromatic heterocycles. The van der Waals surface area contributed by atoms with Crippen LogP contribution in [0.25, 0.3) is 0 Å². The second-order valence-corrected chi connectivity index (χ2v) is 11.3. The molecular weight excluding hydrogens is 398 g/mol. The van der Waals surface area contributed by atoms with E-state index in [1.807, 2.05) is 0 Å². The van der Waals surface area contributed by atoms with E-state index in [4.69, 9.17) is 0 Å². The molecule has 0 spiro atoms. The molecule has 2 unspecified atom stereocenters. The fourth-order valence-corrected chi connectivity index (χ4v) is 7.52. The van der Waals surface area contributed by atoms with Crippen LogP contribution in [0.5, 0.6) is 0 Å². The van der Waals surface area contributed by atoms with Crippen molar-refractivity contribution in [3.8, 4) is 0 Å². The van der Waals surface area contributed by atoms with E-state index >= 15 is 0 Å². The number of fused-ring (bicyclic) bond motifs is 4. The van der Waals surface area contributed by atoms with Crippen molar-refractivity contribution in [1.29, 1.82) is 0 Å². The minimum absolute atomic E-state index is 0.660. The van der Waals surface area contributed by atoms with Crippen molar-refractivity contribution in [2.75, 3.05) is 11.9 Å². The maximum Gasteiger partial charge on any atom is 0.0479 e. The van der Waals surface area contributed by atoms with E-state index < -0.39 is 0 Å². The van der Waals surface area contributed by atoms with Crippen LogP contribution < -0.4 is 4.90 Å². The lowest BCUT2D eigenvalue weighted by Gasteiger charge is -2.43. The number of rotatable bonds is 0. The molecule has 3 aliphatic rings. The summed E-state index contributed by atoms with van der Waals surface area (Å²) in [6.45, 7) is 23.6. The number of nitrogens with zero attached hydrogens (tertiary/aromatic N) is 1. The van der Waals surface area contributed by atoms with Crippen LogP contribution in [-0.2, 0) is 19.3 Å². The van der Waals surface area contributed by atoms with Crippen LogP contribution in [0.4, 0.5) is 11.4 Å². The van der Waals surface area contributed by atoms with E-state index in [1.165, 1.54) is 63.2 Å². The SMILES string of the molecule is CC1=C(C)C2Cc3c(C)c4c(c(C)c3CC2C(C)=C1C)N(C)c1c(C)c(C)c(C)c(C)c1C4. The number of hydrogen-bond acceptors (Lipinski definition) is 1. The minimum Gasteiger partial charge on any atom is -0.344 e. The largest absolute Gasteiger partial charge is 0.344 e. The summed E-state index contributed by atoms with van der Waals surface area (Å²) < 4.78 is 0. The molecule has 2 aliphatic carbocycles. The Labute approximate surface area is 201 Å². The van der Waals surface area contributed by atoms with Gasteiger partial charge in [-0.3, -0.25) is 0 Å². The Morgan fingerprint density at radius 1 is 0.485 bits per heavy atom. The second-order valence-electron chi connectivity index (χ2n) is 11.3. The van der Waals surface area contributed by atoms with Gasteiger partial charge in [-0.15, -0.1) is 0 Å². The molecular formula is C32H41N. The quantitative estimate of drug-likeness (QED) is 0.399. The van der Waals surface area contributed by atoms with Crippen LogP contribution >= 0.6 is 0 Å². The highest BCUT2D eigenvalue weighted by molar-refractivity contribution is 5.83. The lowest BCUT2D eigenvalue weighted by molar-refractivity contribution is 0.387. The van der Waals surface area contributed by atoms with Crippen LogP contribution in [0.3, 0.4) is 0 Å². The zero-order chi connectivity index (χ0) is 24.1. The van der Waals surface area contributed by atoms with E-state index in [0.29, 0.717) is 11.8 Å². The summed E-state index contributed by atoms with van der Waals surface area (Å²) in [6, 6.07) is 0. The van der Waals surface area contributed by atoms with E-state index in [0.717, 1.165) is 6.42 Å². The predicted molar refractivity (Wildman–Crippen MR) is 143 cm³/mol. The topological polar surface area (TPSA) is 3.24 Å². The van der Waals surface area contributed by atoms with Gasteiger partial charge in [-0.25, -0.2) is 0 Å². The van der Waals surface area contributed by atoms with Gasteiger partial charge in [0.25, 0.3) is 0 Å². The molecule has 1 nitrogen and oxygen atoms in total. The minimum atomic E-state index is 0.660. The van der Waals surface area contributed by atoms with Gasteiger partial charge in [0.2, 0.25) is 0 Å². The van der Waals surface area contributed by atoms with Gasteiger partial charge in [0.1, 0.15) is 0 Å². The van der Waals surface area contributed by atoms with Crippen LogP contribution in [0.2, 0.25) is 0 Å². The second kappa shape index (κ2) is 7.36. The Hall–Kier alpha value is -2.28. The molecule has 2 aromatic rings. The standard InChI is InChI=1S/C32H41N/c1-15-16(2)20(6)26-13-28-24(10)32-30(23(9)27(28)12-25(26)19(15)5)14-29-21(7)17(3)18(4)22(8)31(29)33(32)11/h25-26H,12-14H2,1-11H3. The summed E-state index contributed by atoms with van der Waals surface area (Å²) in [5.74, 6) is 1.33. The van der Waals surface area contributed by atoms with Gasteiger partial charge in [-0.1, -0.05) is 11.1 Å². The van der Waals surface area contributed by atoms with E-state index in [1.54, 1.807) is 39.0 Å². The van der Waals surface area contributed by atoms with Crippen molar-refractivity contribution < 1.29 is 0 Å². The number of anilines is 2. The van der Waals surface area contributed by atoms with Gasteiger partial charge in [0.15, 0.2) is 0 Å². The third-order valence-corrected chi connectivity index (χ3v) is 10.4. The molecule has 1 aliphatic heterocycles. The van der Waals surface area contributed by atoms with Gasteiger partial charge in [-0.05, 0) is 161 Å². The highest BCUT2D eigenvalue weighted by atomic mass is 15.1. The van der Waals surface area contributed by atoms with E-state index in [2.05, 4.69) is 81.2 Å². The first-order valence-corrected chi connectivity index (χ1v) is 12.8. The average molecular weight is 440 g/mol. The molecule has 5 rings (SSSR count). The molecule has 0 fully saturated rings. The molecule has 1 heteroatoms. The number of benzene rings is 2. The Bertz CT molecular complexity index is 1300. The van der Waals surface area contributed by atoms with Gasteiger partial charge in [-0.2, -0.15) is 0 Å². The van der Waals surface area contributed by atoms with Crippen molar-refractivity contribution in [3.05, 3.63) is 77.9 Å².